The fourth-order valence-corrected chi connectivity index (χ4v) is 5.76. The molecule has 158 valence electrons. The van der Waals surface area contributed by atoms with Crippen LogP contribution in [0.3, 0.4) is 0 Å². The van der Waals surface area contributed by atoms with Crippen molar-refractivity contribution in [1.29, 1.82) is 0 Å². The molecule has 0 amide bonds. The van der Waals surface area contributed by atoms with Crippen molar-refractivity contribution in [1.82, 2.24) is 10.3 Å². The molecule has 0 atom stereocenters. The second-order valence-corrected chi connectivity index (χ2v) is 10.2. The SMILES string of the molecule is CC1(C)CCCc2cc(-c3csc(N4CCC(NCCCCN)CC4)n3)ccc21. The number of thiazole rings is 1. The molecule has 1 fully saturated rings. The summed E-state index contributed by atoms with van der Waals surface area (Å²) in [6.07, 6.45) is 8.49. The minimum Gasteiger partial charge on any atom is -0.348 e. The third kappa shape index (κ3) is 4.84. The van der Waals surface area contributed by atoms with Gasteiger partial charge in [-0.15, -0.1) is 11.3 Å². The second kappa shape index (κ2) is 9.15. The van der Waals surface area contributed by atoms with E-state index in [2.05, 4.69) is 47.6 Å². The molecule has 1 aromatic heterocycles. The third-order valence-corrected chi connectivity index (χ3v) is 7.60. The van der Waals surface area contributed by atoms with Gasteiger partial charge in [0.2, 0.25) is 0 Å². The van der Waals surface area contributed by atoms with Gasteiger partial charge in [0.1, 0.15) is 0 Å². The van der Waals surface area contributed by atoms with Crippen LogP contribution in [0.4, 0.5) is 5.13 Å². The minimum atomic E-state index is 0.308. The van der Waals surface area contributed by atoms with E-state index in [0.29, 0.717) is 11.5 Å². The van der Waals surface area contributed by atoms with Gasteiger partial charge in [0, 0.05) is 30.1 Å². The number of benzene rings is 1. The molecule has 2 heterocycles. The predicted octanol–water partition coefficient (Wildman–Crippen LogP) is 4.72. The molecule has 3 N–H and O–H groups in total. The van der Waals surface area contributed by atoms with Crippen molar-refractivity contribution in [2.75, 3.05) is 31.1 Å². The maximum Gasteiger partial charge on any atom is 0.185 e. The first-order valence-electron chi connectivity index (χ1n) is 11.3. The van der Waals surface area contributed by atoms with Gasteiger partial charge in [-0.05, 0) is 80.6 Å². The first-order valence-corrected chi connectivity index (χ1v) is 12.2. The molecule has 1 aromatic carbocycles. The zero-order chi connectivity index (χ0) is 20.3. The number of aryl methyl sites for hydroxylation is 1. The van der Waals surface area contributed by atoms with Crippen LogP contribution < -0.4 is 16.0 Å². The Morgan fingerprint density at radius 1 is 1.24 bits per heavy atom. The number of piperidine rings is 1. The molecular weight excluding hydrogens is 376 g/mol. The molecule has 0 unspecified atom stereocenters. The Kier molecular flexibility index (Phi) is 6.57. The van der Waals surface area contributed by atoms with E-state index < -0.39 is 0 Å². The van der Waals surface area contributed by atoms with Crippen LogP contribution in [0.5, 0.6) is 0 Å². The van der Waals surface area contributed by atoms with Gasteiger partial charge in [0.05, 0.1) is 5.69 Å². The van der Waals surface area contributed by atoms with Crippen LogP contribution in [0.25, 0.3) is 11.3 Å². The minimum absolute atomic E-state index is 0.308. The number of nitrogens with one attached hydrogen (secondary N) is 1. The van der Waals surface area contributed by atoms with Gasteiger partial charge in [-0.25, -0.2) is 4.98 Å². The van der Waals surface area contributed by atoms with E-state index in [1.165, 1.54) is 60.3 Å². The zero-order valence-electron chi connectivity index (χ0n) is 18.0. The molecule has 29 heavy (non-hydrogen) atoms. The molecule has 0 saturated carbocycles. The fourth-order valence-electron chi connectivity index (χ4n) is 4.87. The number of fused-ring (bicyclic) bond motifs is 1. The topological polar surface area (TPSA) is 54.2 Å². The van der Waals surface area contributed by atoms with Gasteiger partial charge >= 0.3 is 0 Å². The predicted molar refractivity (Wildman–Crippen MR) is 125 cm³/mol. The molecule has 0 bridgehead atoms. The first kappa shape index (κ1) is 20.8. The Bertz CT molecular complexity index is 805. The number of nitrogens with zero attached hydrogens (tertiary/aromatic N) is 2. The van der Waals surface area contributed by atoms with Crippen molar-refractivity contribution in [3.8, 4) is 11.3 Å². The Morgan fingerprint density at radius 3 is 2.86 bits per heavy atom. The molecule has 5 heteroatoms. The first-order chi connectivity index (χ1) is 14.1. The number of nitrogens with two attached hydrogens (primary N) is 1. The lowest BCUT2D eigenvalue weighted by molar-refractivity contribution is 0.411. The van der Waals surface area contributed by atoms with E-state index in [9.17, 15) is 0 Å². The van der Waals surface area contributed by atoms with E-state index in [4.69, 9.17) is 10.7 Å². The smallest absolute Gasteiger partial charge is 0.185 e. The molecule has 0 radical (unpaired) electrons. The molecule has 4 rings (SSSR count). The van der Waals surface area contributed by atoms with Crippen LogP contribution in [0, 0.1) is 0 Å². The van der Waals surface area contributed by atoms with Crippen LogP contribution in [0.15, 0.2) is 23.6 Å². The van der Waals surface area contributed by atoms with Gasteiger partial charge in [0.15, 0.2) is 5.13 Å². The number of unbranched alkanes of at least 4 members (excludes halogenated alkanes) is 1. The molecule has 4 nitrogen and oxygen atoms in total. The van der Waals surface area contributed by atoms with Crippen molar-refractivity contribution >= 4 is 16.5 Å². The highest BCUT2D eigenvalue weighted by atomic mass is 32.1. The van der Waals surface area contributed by atoms with E-state index in [0.717, 1.165) is 38.3 Å². The van der Waals surface area contributed by atoms with Gasteiger partial charge in [0.25, 0.3) is 0 Å². The number of rotatable bonds is 7. The van der Waals surface area contributed by atoms with E-state index in [-0.39, 0.29) is 0 Å². The van der Waals surface area contributed by atoms with Crippen LogP contribution in [-0.2, 0) is 11.8 Å². The van der Waals surface area contributed by atoms with Crippen LogP contribution in [0.2, 0.25) is 0 Å². The highest BCUT2D eigenvalue weighted by molar-refractivity contribution is 7.14. The Labute approximate surface area is 179 Å². The second-order valence-electron chi connectivity index (χ2n) is 9.34. The molecule has 2 aromatic rings. The summed E-state index contributed by atoms with van der Waals surface area (Å²) in [5, 5.41) is 7.11. The standard InChI is InChI=1S/C24H36N4S/c1-24(2)11-5-6-18-16-19(7-8-21(18)24)22-17-29-23(27-22)28-14-9-20(10-15-28)26-13-4-3-12-25/h7-8,16-17,20,26H,3-6,9-15,25H2,1-2H3. The molecule has 1 aliphatic heterocycles. The van der Waals surface area contributed by atoms with Crippen LogP contribution in [0.1, 0.15) is 63.5 Å². The number of hydrogen-bond donors (Lipinski definition) is 2. The molecule has 1 saturated heterocycles. The average molecular weight is 413 g/mol. The lowest BCUT2D eigenvalue weighted by atomic mass is 9.72. The molecule has 1 aliphatic carbocycles. The number of aromatic nitrogens is 1. The quantitative estimate of drug-likeness (QED) is 0.646. The van der Waals surface area contributed by atoms with Gasteiger partial charge in [-0.2, -0.15) is 0 Å². The van der Waals surface area contributed by atoms with Crippen molar-refractivity contribution < 1.29 is 0 Å². The Hall–Kier alpha value is -1.43. The summed E-state index contributed by atoms with van der Waals surface area (Å²) in [6.45, 7) is 8.84. The highest BCUT2D eigenvalue weighted by Gasteiger charge is 2.27. The summed E-state index contributed by atoms with van der Waals surface area (Å²) >= 11 is 1.79. The monoisotopic (exact) mass is 412 g/mol. The lowest BCUT2D eigenvalue weighted by Gasteiger charge is -2.33. The summed E-state index contributed by atoms with van der Waals surface area (Å²) in [7, 11) is 0. The number of anilines is 1. The summed E-state index contributed by atoms with van der Waals surface area (Å²) < 4.78 is 0. The maximum absolute atomic E-state index is 5.58. The average Bonchev–Trinajstić information content (AvgIpc) is 3.21. The van der Waals surface area contributed by atoms with Gasteiger partial charge in [-0.3, -0.25) is 0 Å². The van der Waals surface area contributed by atoms with E-state index >= 15 is 0 Å². The summed E-state index contributed by atoms with van der Waals surface area (Å²) in [5.41, 5.74) is 11.4. The zero-order valence-corrected chi connectivity index (χ0v) is 18.9. The summed E-state index contributed by atoms with van der Waals surface area (Å²) in [5.74, 6) is 0. The summed E-state index contributed by atoms with van der Waals surface area (Å²) in [4.78, 5) is 7.48. The maximum atomic E-state index is 5.58. The largest absolute Gasteiger partial charge is 0.348 e. The third-order valence-electron chi connectivity index (χ3n) is 6.70. The van der Waals surface area contributed by atoms with E-state index in [1.54, 1.807) is 11.3 Å². The van der Waals surface area contributed by atoms with Crippen molar-refractivity contribution in [3.05, 3.63) is 34.7 Å². The molecular formula is C24H36N4S. The summed E-state index contributed by atoms with van der Waals surface area (Å²) in [6, 6.07) is 7.67. The lowest BCUT2D eigenvalue weighted by Crippen LogP contribution is -2.42. The van der Waals surface area contributed by atoms with E-state index in [1.807, 2.05) is 0 Å². The number of hydrogen-bond acceptors (Lipinski definition) is 5. The van der Waals surface area contributed by atoms with Crippen LogP contribution in [-0.4, -0.2) is 37.2 Å². The highest BCUT2D eigenvalue weighted by Crippen LogP contribution is 2.39. The normalized spacial score (nSPS) is 19.3. The van der Waals surface area contributed by atoms with Crippen LogP contribution >= 0.6 is 11.3 Å². The van der Waals surface area contributed by atoms with Gasteiger partial charge in [-0.1, -0.05) is 26.0 Å². The molecule has 2 aliphatic rings. The van der Waals surface area contributed by atoms with Gasteiger partial charge < -0.3 is 16.0 Å². The van der Waals surface area contributed by atoms with Crippen molar-refractivity contribution in [3.63, 3.8) is 0 Å². The Balaban J connectivity index is 1.37. The van der Waals surface area contributed by atoms with Crippen molar-refractivity contribution in [2.45, 2.75) is 70.3 Å². The van der Waals surface area contributed by atoms with Crippen molar-refractivity contribution in [2.24, 2.45) is 5.73 Å². The Morgan fingerprint density at radius 2 is 2.07 bits per heavy atom. The fraction of sp³-hybridized carbons (Fsp3) is 0.625. The molecule has 0 spiro atoms.